The normalized spacial score (nSPS) is 15.7. The van der Waals surface area contributed by atoms with Gasteiger partial charge in [-0.25, -0.2) is 4.79 Å². The van der Waals surface area contributed by atoms with Crippen molar-refractivity contribution in [1.82, 2.24) is 10.2 Å². The molecule has 2 N–H and O–H groups in total. The number of imide groups is 1. The van der Waals surface area contributed by atoms with Crippen molar-refractivity contribution in [2.24, 2.45) is 5.92 Å². The quantitative estimate of drug-likeness (QED) is 0.761. The standard InChI is InChI=1S/C17H20N2O5/c1-10(2)15(17(23)24)18-16(22)12-5-3-11(4-6-12)9-19-13(20)7-8-14(19)21/h3-6,10,15H,7-9H2,1-2H3,(H,18,22)(H,23,24)/t15-/m0/s1. The van der Waals surface area contributed by atoms with Crippen LogP contribution in [0.1, 0.15) is 42.6 Å². The van der Waals surface area contributed by atoms with E-state index in [1.807, 2.05) is 0 Å². The second kappa shape index (κ2) is 7.25. The highest BCUT2D eigenvalue weighted by atomic mass is 16.4. The van der Waals surface area contributed by atoms with Gasteiger partial charge < -0.3 is 10.4 Å². The van der Waals surface area contributed by atoms with Crippen molar-refractivity contribution in [2.45, 2.75) is 39.3 Å². The van der Waals surface area contributed by atoms with E-state index in [2.05, 4.69) is 5.32 Å². The number of hydrogen-bond donors (Lipinski definition) is 2. The summed E-state index contributed by atoms with van der Waals surface area (Å²) in [4.78, 5) is 47.7. The van der Waals surface area contributed by atoms with E-state index in [0.29, 0.717) is 5.56 Å². The Kier molecular flexibility index (Phi) is 5.33. The number of aliphatic carboxylic acids is 1. The van der Waals surface area contributed by atoms with E-state index in [4.69, 9.17) is 5.11 Å². The molecule has 1 aliphatic heterocycles. The maximum Gasteiger partial charge on any atom is 0.326 e. The van der Waals surface area contributed by atoms with Crippen LogP contribution in [0.3, 0.4) is 0 Å². The summed E-state index contributed by atoms with van der Waals surface area (Å²) in [6.45, 7) is 3.61. The van der Waals surface area contributed by atoms with Gasteiger partial charge in [0, 0.05) is 18.4 Å². The molecule has 0 radical (unpaired) electrons. The van der Waals surface area contributed by atoms with Crippen LogP contribution in [-0.4, -0.2) is 39.7 Å². The van der Waals surface area contributed by atoms with Crippen LogP contribution in [0, 0.1) is 5.92 Å². The van der Waals surface area contributed by atoms with Crippen molar-refractivity contribution in [1.29, 1.82) is 0 Å². The molecule has 0 spiro atoms. The van der Waals surface area contributed by atoms with Gasteiger partial charge in [-0.2, -0.15) is 0 Å². The molecule has 1 heterocycles. The molecule has 7 nitrogen and oxygen atoms in total. The van der Waals surface area contributed by atoms with Gasteiger partial charge in [0.15, 0.2) is 0 Å². The van der Waals surface area contributed by atoms with E-state index >= 15 is 0 Å². The summed E-state index contributed by atoms with van der Waals surface area (Å²) in [5.41, 5.74) is 1.05. The Bertz CT molecular complexity index is 650. The number of nitrogens with zero attached hydrogens (tertiary/aromatic N) is 1. The fraction of sp³-hybridized carbons (Fsp3) is 0.412. The predicted octanol–water partition coefficient (Wildman–Crippen LogP) is 1.17. The van der Waals surface area contributed by atoms with Crippen LogP contribution in [0.15, 0.2) is 24.3 Å². The Morgan fingerprint density at radius 2 is 1.67 bits per heavy atom. The highest BCUT2D eigenvalue weighted by Gasteiger charge is 2.28. The number of hydrogen-bond acceptors (Lipinski definition) is 4. The number of nitrogens with one attached hydrogen (secondary N) is 1. The highest BCUT2D eigenvalue weighted by molar-refractivity contribution is 6.01. The number of amides is 3. The van der Waals surface area contributed by atoms with Gasteiger partial charge in [0.2, 0.25) is 11.8 Å². The molecule has 2 rings (SSSR count). The first-order chi connectivity index (χ1) is 11.3. The Morgan fingerprint density at radius 1 is 1.12 bits per heavy atom. The van der Waals surface area contributed by atoms with Crippen molar-refractivity contribution in [2.75, 3.05) is 0 Å². The number of carboxylic acid groups (broad SMARTS) is 1. The molecule has 128 valence electrons. The first-order valence-electron chi connectivity index (χ1n) is 7.75. The minimum Gasteiger partial charge on any atom is -0.480 e. The molecule has 0 bridgehead atoms. The topological polar surface area (TPSA) is 104 Å². The Labute approximate surface area is 139 Å². The number of rotatable bonds is 6. The van der Waals surface area contributed by atoms with Crippen LogP contribution in [0.4, 0.5) is 0 Å². The van der Waals surface area contributed by atoms with E-state index in [1.165, 1.54) is 4.90 Å². The van der Waals surface area contributed by atoms with Crippen molar-refractivity contribution in [3.63, 3.8) is 0 Å². The highest BCUT2D eigenvalue weighted by Crippen LogP contribution is 2.16. The largest absolute Gasteiger partial charge is 0.480 e. The average Bonchev–Trinajstić information content (AvgIpc) is 2.84. The van der Waals surface area contributed by atoms with Gasteiger partial charge in [-0.1, -0.05) is 26.0 Å². The van der Waals surface area contributed by atoms with E-state index in [9.17, 15) is 19.2 Å². The average molecular weight is 332 g/mol. The third kappa shape index (κ3) is 3.98. The van der Waals surface area contributed by atoms with Crippen LogP contribution < -0.4 is 5.32 Å². The smallest absolute Gasteiger partial charge is 0.326 e. The van der Waals surface area contributed by atoms with Gasteiger partial charge in [-0.05, 0) is 23.6 Å². The molecule has 0 unspecified atom stereocenters. The van der Waals surface area contributed by atoms with Crippen molar-refractivity contribution < 1.29 is 24.3 Å². The molecule has 1 atom stereocenters. The molecule has 0 aromatic heterocycles. The number of likely N-dealkylation sites (tertiary alicyclic amines) is 1. The summed E-state index contributed by atoms with van der Waals surface area (Å²) < 4.78 is 0. The fourth-order valence-electron chi connectivity index (χ4n) is 2.48. The van der Waals surface area contributed by atoms with Gasteiger partial charge in [0.25, 0.3) is 5.91 Å². The van der Waals surface area contributed by atoms with Crippen LogP contribution in [0.5, 0.6) is 0 Å². The third-order valence-corrected chi connectivity index (χ3v) is 3.93. The minimum absolute atomic E-state index is 0.184. The first kappa shape index (κ1) is 17.7. The molecule has 7 heteroatoms. The Morgan fingerprint density at radius 3 is 2.12 bits per heavy atom. The van der Waals surface area contributed by atoms with E-state index in [-0.39, 0.29) is 37.1 Å². The zero-order chi connectivity index (χ0) is 17.9. The monoisotopic (exact) mass is 332 g/mol. The molecular weight excluding hydrogens is 312 g/mol. The number of carbonyl (C=O) groups is 4. The van der Waals surface area contributed by atoms with Crippen LogP contribution in [0.25, 0.3) is 0 Å². The lowest BCUT2D eigenvalue weighted by atomic mass is 10.0. The van der Waals surface area contributed by atoms with E-state index in [0.717, 1.165) is 5.56 Å². The van der Waals surface area contributed by atoms with Crippen molar-refractivity contribution >= 4 is 23.7 Å². The molecule has 24 heavy (non-hydrogen) atoms. The lowest BCUT2D eigenvalue weighted by Gasteiger charge is -2.18. The van der Waals surface area contributed by atoms with E-state index in [1.54, 1.807) is 38.1 Å². The summed E-state index contributed by atoms with van der Waals surface area (Å²) in [5, 5.41) is 11.6. The summed E-state index contributed by atoms with van der Waals surface area (Å²) in [6.07, 6.45) is 0.482. The molecule has 0 aliphatic carbocycles. The fourth-order valence-corrected chi connectivity index (χ4v) is 2.48. The SMILES string of the molecule is CC(C)[C@H](NC(=O)c1ccc(CN2C(=O)CCC2=O)cc1)C(=O)O. The predicted molar refractivity (Wildman–Crippen MR) is 85.0 cm³/mol. The van der Waals surface area contributed by atoms with Crippen molar-refractivity contribution in [3.8, 4) is 0 Å². The maximum atomic E-state index is 12.1. The molecule has 0 saturated carbocycles. The zero-order valence-electron chi connectivity index (χ0n) is 13.6. The Hall–Kier alpha value is -2.70. The molecule has 1 fully saturated rings. The van der Waals surface area contributed by atoms with Crippen LogP contribution >= 0.6 is 0 Å². The molecule has 1 saturated heterocycles. The van der Waals surface area contributed by atoms with Gasteiger partial charge >= 0.3 is 5.97 Å². The summed E-state index contributed by atoms with van der Waals surface area (Å²) in [6, 6.07) is 5.44. The lowest BCUT2D eigenvalue weighted by molar-refractivity contribution is -0.141. The third-order valence-electron chi connectivity index (χ3n) is 3.93. The van der Waals surface area contributed by atoms with Crippen LogP contribution in [-0.2, 0) is 20.9 Å². The minimum atomic E-state index is -1.08. The molecular formula is C17H20N2O5. The second-order valence-corrected chi connectivity index (χ2v) is 6.10. The molecule has 1 aliphatic rings. The van der Waals surface area contributed by atoms with E-state index < -0.39 is 17.9 Å². The van der Waals surface area contributed by atoms with Gasteiger partial charge in [0.1, 0.15) is 6.04 Å². The molecule has 3 amide bonds. The summed E-state index contributed by atoms with van der Waals surface area (Å²) in [7, 11) is 0. The number of carbonyl (C=O) groups excluding carboxylic acids is 3. The van der Waals surface area contributed by atoms with Crippen molar-refractivity contribution in [3.05, 3.63) is 35.4 Å². The maximum absolute atomic E-state index is 12.1. The molecule has 1 aromatic carbocycles. The Balaban J connectivity index is 2.03. The van der Waals surface area contributed by atoms with Gasteiger partial charge in [0.05, 0.1) is 6.54 Å². The number of carboxylic acids is 1. The summed E-state index contributed by atoms with van der Waals surface area (Å²) in [5.74, 6) is -2.18. The zero-order valence-corrected chi connectivity index (χ0v) is 13.6. The van der Waals surface area contributed by atoms with Gasteiger partial charge in [-0.3, -0.25) is 19.3 Å². The van der Waals surface area contributed by atoms with Gasteiger partial charge in [-0.15, -0.1) is 0 Å². The number of benzene rings is 1. The lowest BCUT2D eigenvalue weighted by Crippen LogP contribution is -2.44. The second-order valence-electron chi connectivity index (χ2n) is 6.10. The molecule has 1 aromatic rings. The first-order valence-corrected chi connectivity index (χ1v) is 7.75. The summed E-state index contributed by atoms with van der Waals surface area (Å²) >= 11 is 0. The van der Waals surface area contributed by atoms with Crippen LogP contribution in [0.2, 0.25) is 0 Å².